The first-order valence-corrected chi connectivity index (χ1v) is 9.00. The van der Waals surface area contributed by atoms with Gasteiger partial charge in [-0.3, -0.25) is 4.79 Å². The van der Waals surface area contributed by atoms with Gasteiger partial charge in [0, 0.05) is 32.4 Å². The number of carbonyl (C=O) groups is 1. The van der Waals surface area contributed by atoms with Crippen molar-refractivity contribution in [1.82, 2.24) is 14.5 Å². The minimum absolute atomic E-state index is 0.00662. The molecule has 2 heterocycles. The number of hydrogen-bond acceptors (Lipinski definition) is 3. The Bertz CT molecular complexity index is 890. The fourth-order valence-corrected chi connectivity index (χ4v) is 3.22. The first-order chi connectivity index (χ1) is 12.6. The van der Waals surface area contributed by atoms with Crippen LogP contribution >= 0.6 is 0 Å². The van der Waals surface area contributed by atoms with Gasteiger partial charge in [-0.15, -0.1) is 0 Å². The number of para-hydroxylation sites is 2. The number of H-pyrrole nitrogens is 1. The SMILES string of the molecule is CCC(=O)Nc1c(-c2nc3ccccc3[nH]2)c(C)c(C)n1CCCOC. The molecule has 0 aliphatic carbocycles. The predicted molar refractivity (Wildman–Crippen MR) is 104 cm³/mol. The molecule has 1 amide bonds. The number of nitrogens with zero attached hydrogens (tertiary/aromatic N) is 2. The second kappa shape index (κ2) is 7.74. The standard InChI is InChI=1S/C20H26N4O2/c1-5-17(25)23-20-18(13(2)14(3)24(20)11-8-12-26-4)19-21-15-9-6-7-10-16(15)22-19/h6-7,9-10H,5,8,11-12H2,1-4H3,(H,21,22)(H,23,25). The summed E-state index contributed by atoms with van der Waals surface area (Å²) < 4.78 is 7.35. The number of rotatable bonds is 7. The number of imidazole rings is 1. The molecular weight excluding hydrogens is 328 g/mol. The molecule has 2 N–H and O–H groups in total. The topological polar surface area (TPSA) is 71.9 Å². The summed E-state index contributed by atoms with van der Waals surface area (Å²) in [7, 11) is 1.70. The van der Waals surface area contributed by atoms with Crippen LogP contribution in [-0.4, -0.2) is 34.2 Å². The van der Waals surface area contributed by atoms with E-state index in [4.69, 9.17) is 9.72 Å². The molecule has 0 unspecified atom stereocenters. The molecule has 0 spiro atoms. The molecule has 6 nitrogen and oxygen atoms in total. The van der Waals surface area contributed by atoms with Crippen LogP contribution in [0.25, 0.3) is 22.4 Å². The number of aromatic nitrogens is 3. The monoisotopic (exact) mass is 354 g/mol. The van der Waals surface area contributed by atoms with Crippen molar-refractivity contribution < 1.29 is 9.53 Å². The van der Waals surface area contributed by atoms with E-state index in [-0.39, 0.29) is 5.91 Å². The molecule has 0 saturated carbocycles. The Labute approximate surface area is 153 Å². The van der Waals surface area contributed by atoms with Crippen LogP contribution in [0.5, 0.6) is 0 Å². The summed E-state index contributed by atoms with van der Waals surface area (Å²) in [5, 5.41) is 3.08. The number of nitrogens with one attached hydrogen (secondary N) is 2. The van der Waals surface area contributed by atoms with E-state index in [2.05, 4.69) is 28.7 Å². The first kappa shape index (κ1) is 18.2. The number of hydrogen-bond donors (Lipinski definition) is 2. The summed E-state index contributed by atoms with van der Waals surface area (Å²) in [5.74, 6) is 1.58. The van der Waals surface area contributed by atoms with Gasteiger partial charge in [0.2, 0.25) is 5.91 Å². The molecule has 3 aromatic rings. The molecule has 1 aromatic carbocycles. The summed E-state index contributed by atoms with van der Waals surface area (Å²) in [5.41, 5.74) is 5.10. The van der Waals surface area contributed by atoms with Crippen LogP contribution in [0, 0.1) is 13.8 Å². The van der Waals surface area contributed by atoms with E-state index in [1.54, 1.807) is 7.11 Å². The van der Waals surface area contributed by atoms with Gasteiger partial charge < -0.3 is 19.6 Å². The maximum absolute atomic E-state index is 12.2. The largest absolute Gasteiger partial charge is 0.385 e. The van der Waals surface area contributed by atoms with Gasteiger partial charge in [0.1, 0.15) is 11.6 Å². The molecule has 3 rings (SSSR count). The van der Waals surface area contributed by atoms with Crippen molar-refractivity contribution in [2.75, 3.05) is 19.0 Å². The van der Waals surface area contributed by atoms with Gasteiger partial charge in [-0.1, -0.05) is 19.1 Å². The molecule has 2 aromatic heterocycles. The lowest BCUT2D eigenvalue weighted by Gasteiger charge is -2.13. The van der Waals surface area contributed by atoms with E-state index in [1.807, 2.05) is 31.2 Å². The minimum Gasteiger partial charge on any atom is -0.385 e. The Morgan fingerprint density at radius 1 is 1.31 bits per heavy atom. The van der Waals surface area contributed by atoms with Gasteiger partial charge in [-0.05, 0) is 38.0 Å². The van der Waals surface area contributed by atoms with E-state index in [0.29, 0.717) is 13.0 Å². The number of ether oxygens (including phenoxy) is 1. The Morgan fingerprint density at radius 3 is 2.77 bits per heavy atom. The average molecular weight is 354 g/mol. The van der Waals surface area contributed by atoms with Crippen molar-refractivity contribution >= 4 is 22.8 Å². The smallest absolute Gasteiger partial charge is 0.225 e. The van der Waals surface area contributed by atoms with Gasteiger partial charge >= 0.3 is 0 Å². The Hall–Kier alpha value is -2.60. The molecular formula is C20H26N4O2. The van der Waals surface area contributed by atoms with E-state index in [1.165, 1.54) is 0 Å². The fourth-order valence-electron chi connectivity index (χ4n) is 3.22. The van der Waals surface area contributed by atoms with Gasteiger partial charge in [-0.2, -0.15) is 0 Å². The quantitative estimate of drug-likeness (QED) is 0.629. The van der Waals surface area contributed by atoms with Crippen LogP contribution in [0.15, 0.2) is 24.3 Å². The number of fused-ring (bicyclic) bond motifs is 1. The summed E-state index contributed by atoms with van der Waals surface area (Å²) in [6.07, 6.45) is 1.31. The lowest BCUT2D eigenvalue weighted by molar-refractivity contribution is -0.115. The highest BCUT2D eigenvalue weighted by Crippen LogP contribution is 2.36. The molecule has 0 fully saturated rings. The number of aromatic amines is 1. The molecule has 0 atom stereocenters. The van der Waals surface area contributed by atoms with Crippen LogP contribution < -0.4 is 5.32 Å². The number of carbonyl (C=O) groups excluding carboxylic acids is 1. The van der Waals surface area contributed by atoms with Gasteiger partial charge in [0.05, 0.1) is 16.6 Å². The zero-order valence-electron chi connectivity index (χ0n) is 15.8. The predicted octanol–water partition coefficient (Wildman–Crippen LogP) is 4.03. The van der Waals surface area contributed by atoms with Crippen LogP contribution in [0.3, 0.4) is 0 Å². The highest BCUT2D eigenvalue weighted by Gasteiger charge is 2.22. The molecule has 0 aliphatic rings. The second-order valence-corrected chi connectivity index (χ2v) is 6.44. The number of methoxy groups -OCH3 is 1. The zero-order chi connectivity index (χ0) is 18.7. The van der Waals surface area contributed by atoms with E-state index >= 15 is 0 Å². The van der Waals surface area contributed by atoms with E-state index in [9.17, 15) is 4.79 Å². The van der Waals surface area contributed by atoms with Crippen LogP contribution in [0.1, 0.15) is 31.0 Å². The lowest BCUT2D eigenvalue weighted by Crippen LogP contribution is -2.15. The van der Waals surface area contributed by atoms with Crippen molar-refractivity contribution in [2.24, 2.45) is 0 Å². The molecule has 0 radical (unpaired) electrons. The Kier molecular flexibility index (Phi) is 5.42. The molecule has 26 heavy (non-hydrogen) atoms. The fraction of sp³-hybridized carbons (Fsp3) is 0.400. The summed E-state index contributed by atoms with van der Waals surface area (Å²) in [4.78, 5) is 20.3. The Balaban J connectivity index is 2.12. The van der Waals surface area contributed by atoms with E-state index in [0.717, 1.165) is 52.5 Å². The molecule has 138 valence electrons. The van der Waals surface area contributed by atoms with Crippen LogP contribution in [-0.2, 0) is 16.1 Å². The summed E-state index contributed by atoms with van der Waals surface area (Å²) >= 11 is 0. The first-order valence-electron chi connectivity index (χ1n) is 9.00. The van der Waals surface area contributed by atoms with Crippen molar-refractivity contribution in [1.29, 1.82) is 0 Å². The third kappa shape index (κ3) is 3.37. The highest BCUT2D eigenvalue weighted by atomic mass is 16.5. The van der Waals surface area contributed by atoms with E-state index < -0.39 is 0 Å². The third-order valence-corrected chi connectivity index (χ3v) is 4.76. The number of anilines is 1. The molecule has 0 bridgehead atoms. The molecule has 6 heteroatoms. The van der Waals surface area contributed by atoms with Crippen molar-refractivity contribution in [3.05, 3.63) is 35.5 Å². The number of benzene rings is 1. The van der Waals surface area contributed by atoms with Crippen molar-refractivity contribution in [3.63, 3.8) is 0 Å². The molecule has 0 saturated heterocycles. The van der Waals surface area contributed by atoms with Gasteiger partial charge in [0.25, 0.3) is 0 Å². The summed E-state index contributed by atoms with van der Waals surface area (Å²) in [6.45, 7) is 7.47. The van der Waals surface area contributed by atoms with Crippen molar-refractivity contribution in [2.45, 2.75) is 40.2 Å². The number of amides is 1. The average Bonchev–Trinajstić information content (AvgIpc) is 3.16. The lowest BCUT2D eigenvalue weighted by atomic mass is 10.1. The maximum Gasteiger partial charge on any atom is 0.225 e. The molecule has 0 aliphatic heterocycles. The third-order valence-electron chi connectivity index (χ3n) is 4.76. The minimum atomic E-state index is -0.00662. The summed E-state index contributed by atoms with van der Waals surface area (Å²) in [6, 6.07) is 7.95. The normalized spacial score (nSPS) is 11.2. The zero-order valence-corrected chi connectivity index (χ0v) is 15.8. The van der Waals surface area contributed by atoms with Crippen molar-refractivity contribution in [3.8, 4) is 11.4 Å². The maximum atomic E-state index is 12.2. The van der Waals surface area contributed by atoms with Gasteiger partial charge in [0.15, 0.2) is 0 Å². The highest BCUT2D eigenvalue weighted by molar-refractivity contribution is 5.95. The second-order valence-electron chi connectivity index (χ2n) is 6.44. The Morgan fingerprint density at radius 2 is 2.08 bits per heavy atom. The van der Waals surface area contributed by atoms with Crippen LogP contribution in [0.4, 0.5) is 5.82 Å². The van der Waals surface area contributed by atoms with Crippen LogP contribution in [0.2, 0.25) is 0 Å². The van der Waals surface area contributed by atoms with Gasteiger partial charge in [-0.25, -0.2) is 4.98 Å².